The average Bonchev–Trinajstić information content (AvgIpc) is 2.61. The van der Waals surface area contributed by atoms with Crippen LogP contribution in [0.15, 0.2) is 12.1 Å². The molecule has 5 heteroatoms. The predicted molar refractivity (Wildman–Crippen MR) is 62.9 cm³/mol. The van der Waals surface area contributed by atoms with E-state index in [0.29, 0.717) is 16.5 Å². The quantitative estimate of drug-likeness (QED) is 0.904. The first-order valence-corrected chi connectivity index (χ1v) is 5.59. The summed E-state index contributed by atoms with van der Waals surface area (Å²) in [7, 11) is 0. The Bertz CT molecular complexity index is 468. The molecule has 0 saturated carbocycles. The van der Waals surface area contributed by atoms with Gasteiger partial charge in [-0.3, -0.25) is 4.79 Å². The van der Waals surface area contributed by atoms with E-state index in [1.54, 1.807) is 12.1 Å². The fourth-order valence-electron chi connectivity index (χ4n) is 1.95. The van der Waals surface area contributed by atoms with E-state index in [1.807, 2.05) is 13.8 Å². The van der Waals surface area contributed by atoms with E-state index >= 15 is 0 Å². The van der Waals surface area contributed by atoms with Gasteiger partial charge in [-0.15, -0.1) is 0 Å². The van der Waals surface area contributed by atoms with Crippen molar-refractivity contribution in [2.45, 2.75) is 25.7 Å². The molecule has 1 aromatic rings. The second-order valence-electron chi connectivity index (χ2n) is 4.64. The second kappa shape index (κ2) is 4.11. The minimum absolute atomic E-state index is 0.00312. The lowest BCUT2D eigenvalue weighted by atomic mass is 9.81. The van der Waals surface area contributed by atoms with Crippen molar-refractivity contribution in [3.63, 3.8) is 0 Å². The van der Waals surface area contributed by atoms with E-state index in [9.17, 15) is 4.79 Å². The number of carboxylic acids is 1. The molecule has 0 aliphatic carbocycles. The topological polar surface area (TPSA) is 55.8 Å². The number of rotatable bonds is 3. The third-order valence-electron chi connectivity index (χ3n) is 2.76. The van der Waals surface area contributed by atoms with Crippen molar-refractivity contribution in [3.05, 3.63) is 22.7 Å². The number of aliphatic carboxylic acids is 1. The molecule has 0 saturated heterocycles. The molecule has 1 N–H and O–H groups in total. The number of benzene rings is 1. The zero-order valence-electron chi connectivity index (χ0n) is 9.62. The van der Waals surface area contributed by atoms with Crippen LogP contribution in [0, 0.1) is 0 Å². The van der Waals surface area contributed by atoms with Crippen LogP contribution in [0.4, 0.5) is 0 Å². The minimum atomic E-state index is -0.859. The van der Waals surface area contributed by atoms with Gasteiger partial charge in [0.15, 0.2) is 11.5 Å². The molecular weight excluding hydrogens is 244 g/mol. The van der Waals surface area contributed by atoms with Crippen molar-refractivity contribution in [1.29, 1.82) is 0 Å². The summed E-state index contributed by atoms with van der Waals surface area (Å²) in [5.74, 6) is 0.314. The van der Waals surface area contributed by atoms with Crippen molar-refractivity contribution >= 4 is 17.6 Å². The van der Waals surface area contributed by atoms with Crippen LogP contribution < -0.4 is 9.47 Å². The maximum absolute atomic E-state index is 10.9. The monoisotopic (exact) mass is 256 g/mol. The lowest BCUT2D eigenvalue weighted by molar-refractivity contribution is -0.138. The number of ether oxygens (including phenoxy) is 2. The van der Waals surface area contributed by atoms with Gasteiger partial charge in [-0.2, -0.15) is 0 Å². The normalized spacial score (nSPS) is 13.8. The molecule has 1 heterocycles. The molecule has 17 heavy (non-hydrogen) atoms. The number of carboxylic acid groups (broad SMARTS) is 1. The van der Waals surface area contributed by atoms with Gasteiger partial charge >= 0.3 is 5.97 Å². The van der Waals surface area contributed by atoms with Crippen LogP contribution in [0.2, 0.25) is 5.02 Å². The summed E-state index contributed by atoms with van der Waals surface area (Å²) in [4.78, 5) is 10.9. The predicted octanol–water partition coefficient (Wildman–Crippen LogP) is 2.82. The van der Waals surface area contributed by atoms with Gasteiger partial charge in [0, 0.05) is 22.1 Å². The fourth-order valence-corrected chi connectivity index (χ4v) is 2.16. The zero-order valence-corrected chi connectivity index (χ0v) is 10.4. The number of fused-ring (bicyclic) bond motifs is 1. The minimum Gasteiger partial charge on any atom is -0.481 e. The van der Waals surface area contributed by atoms with Gasteiger partial charge < -0.3 is 14.6 Å². The Morgan fingerprint density at radius 3 is 2.82 bits per heavy atom. The van der Waals surface area contributed by atoms with E-state index in [2.05, 4.69) is 0 Å². The van der Waals surface area contributed by atoms with Crippen LogP contribution in [0.3, 0.4) is 0 Å². The van der Waals surface area contributed by atoms with Gasteiger partial charge in [-0.1, -0.05) is 25.4 Å². The van der Waals surface area contributed by atoms with E-state index in [-0.39, 0.29) is 13.2 Å². The van der Waals surface area contributed by atoms with Gasteiger partial charge in [0.2, 0.25) is 6.79 Å². The summed E-state index contributed by atoms with van der Waals surface area (Å²) < 4.78 is 10.6. The highest BCUT2D eigenvalue weighted by molar-refractivity contribution is 6.30. The third kappa shape index (κ3) is 2.31. The van der Waals surface area contributed by atoms with Crippen LogP contribution in [-0.2, 0) is 10.2 Å². The van der Waals surface area contributed by atoms with Gasteiger partial charge in [-0.05, 0) is 6.07 Å². The molecule has 92 valence electrons. The largest absolute Gasteiger partial charge is 0.481 e. The van der Waals surface area contributed by atoms with E-state index < -0.39 is 11.4 Å². The van der Waals surface area contributed by atoms with Crippen molar-refractivity contribution < 1.29 is 19.4 Å². The fraction of sp³-hybridized carbons (Fsp3) is 0.417. The average molecular weight is 257 g/mol. The molecule has 1 aromatic carbocycles. The lowest BCUT2D eigenvalue weighted by Crippen LogP contribution is -2.22. The molecule has 1 aliphatic rings. The van der Waals surface area contributed by atoms with Gasteiger partial charge in [-0.25, -0.2) is 0 Å². The Morgan fingerprint density at radius 1 is 1.47 bits per heavy atom. The first-order valence-electron chi connectivity index (χ1n) is 5.21. The highest BCUT2D eigenvalue weighted by Gasteiger charge is 2.31. The summed E-state index contributed by atoms with van der Waals surface area (Å²) in [6.07, 6.45) is 0.00312. The molecule has 0 spiro atoms. The van der Waals surface area contributed by atoms with Gasteiger partial charge in [0.25, 0.3) is 0 Å². The van der Waals surface area contributed by atoms with E-state index in [1.165, 1.54) is 0 Å². The Hall–Kier alpha value is -1.42. The lowest BCUT2D eigenvalue weighted by Gasteiger charge is -2.24. The van der Waals surface area contributed by atoms with Crippen LogP contribution in [0.1, 0.15) is 25.8 Å². The van der Waals surface area contributed by atoms with Crippen LogP contribution in [-0.4, -0.2) is 17.9 Å². The smallest absolute Gasteiger partial charge is 0.304 e. The summed E-state index contributed by atoms with van der Waals surface area (Å²) >= 11 is 5.99. The van der Waals surface area contributed by atoms with Crippen molar-refractivity contribution in [2.24, 2.45) is 0 Å². The van der Waals surface area contributed by atoms with E-state index in [0.717, 1.165) is 5.56 Å². The molecule has 1 aliphatic heterocycles. The summed E-state index contributed by atoms with van der Waals surface area (Å²) in [5.41, 5.74) is 0.203. The van der Waals surface area contributed by atoms with Gasteiger partial charge in [0.05, 0.1) is 6.42 Å². The molecule has 0 atom stereocenters. The zero-order chi connectivity index (χ0) is 12.6. The number of hydrogen-bond donors (Lipinski definition) is 1. The maximum Gasteiger partial charge on any atom is 0.304 e. The highest BCUT2D eigenvalue weighted by Crippen LogP contribution is 2.44. The van der Waals surface area contributed by atoms with Crippen LogP contribution in [0.25, 0.3) is 0 Å². The SMILES string of the molecule is CC(C)(CC(=O)O)c1cc(Cl)cc2c1OCO2. The summed E-state index contributed by atoms with van der Waals surface area (Å²) in [6, 6.07) is 3.41. The molecule has 4 nitrogen and oxygen atoms in total. The molecule has 0 radical (unpaired) electrons. The first kappa shape index (κ1) is 12.0. The number of carbonyl (C=O) groups is 1. The maximum atomic E-state index is 10.9. The molecule has 0 bridgehead atoms. The van der Waals surface area contributed by atoms with Crippen LogP contribution >= 0.6 is 11.6 Å². The molecule has 0 aromatic heterocycles. The standard InChI is InChI=1S/C12H13ClO4/c1-12(2,5-10(14)15)8-3-7(13)4-9-11(8)17-6-16-9/h3-4H,5-6H2,1-2H3,(H,14,15). The molecular formula is C12H13ClO4. The number of hydrogen-bond acceptors (Lipinski definition) is 3. The van der Waals surface area contributed by atoms with Crippen molar-refractivity contribution in [3.8, 4) is 11.5 Å². The van der Waals surface area contributed by atoms with Crippen molar-refractivity contribution in [2.75, 3.05) is 6.79 Å². The van der Waals surface area contributed by atoms with Gasteiger partial charge in [0.1, 0.15) is 0 Å². The molecule has 2 rings (SSSR count). The highest BCUT2D eigenvalue weighted by atomic mass is 35.5. The van der Waals surface area contributed by atoms with E-state index in [4.69, 9.17) is 26.2 Å². The Kier molecular flexibility index (Phi) is 2.91. The van der Waals surface area contributed by atoms with Crippen LogP contribution in [0.5, 0.6) is 11.5 Å². The Labute approximate surface area is 104 Å². The summed E-state index contributed by atoms with van der Waals surface area (Å²) in [5, 5.41) is 9.44. The van der Waals surface area contributed by atoms with Crippen molar-refractivity contribution in [1.82, 2.24) is 0 Å². The molecule has 0 fully saturated rings. The molecule has 0 unspecified atom stereocenters. The molecule has 0 amide bonds. The Morgan fingerprint density at radius 2 is 2.18 bits per heavy atom. The third-order valence-corrected chi connectivity index (χ3v) is 2.98. The second-order valence-corrected chi connectivity index (χ2v) is 5.08. The summed E-state index contributed by atoms with van der Waals surface area (Å²) in [6.45, 7) is 3.83. The Balaban J connectivity index is 2.48. The first-order chi connectivity index (χ1) is 7.90. The number of halogens is 1.